The molecule has 0 saturated carbocycles. The van der Waals surface area contributed by atoms with Gasteiger partial charge < -0.3 is 14.7 Å². The highest BCUT2D eigenvalue weighted by Crippen LogP contribution is 2.19. The zero-order chi connectivity index (χ0) is 13.8. The molecule has 0 unspecified atom stereocenters. The van der Waals surface area contributed by atoms with Crippen molar-refractivity contribution < 1.29 is 19.0 Å². The van der Waals surface area contributed by atoms with Gasteiger partial charge in [0.25, 0.3) is 0 Å². The van der Waals surface area contributed by atoms with Crippen molar-refractivity contribution in [1.29, 1.82) is 0 Å². The molecule has 1 aliphatic rings. The molecule has 1 N–H and O–H groups in total. The number of likely N-dealkylation sites (tertiary alicyclic amines) is 1. The van der Waals surface area contributed by atoms with Gasteiger partial charge >= 0.3 is 0 Å². The third-order valence-electron chi connectivity index (χ3n) is 3.05. The number of amides is 1. The van der Waals surface area contributed by atoms with Crippen LogP contribution >= 0.6 is 0 Å². The maximum absolute atomic E-state index is 13.8. The minimum atomic E-state index is -0.432. The first kappa shape index (κ1) is 13.8. The minimum absolute atomic E-state index is 0.0204. The van der Waals surface area contributed by atoms with Gasteiger partial charge in [0, 0.05) is 19.2 Å². The summed E-state index contributed by atoms with van der Waals surface area (Å²) in [4.78, 5) is 13.3. The van der Waals surface area contributed by atoms with Crippen LogP contribution in [0.15, 0.2) is 18.2 Å². The molecule has 0 aliphatic carbocycles. The summed E-state index contributed by atoms with van der Waals surface area (Å²) in [5.41, 5.74) is 0.357. The molecule has 1 fully saturated rings. The van der Waals surface area contributed by atoms with Crippen molar-refractivity contribution in [2.45, 2.75) is 25.9 Å². The summed E-state index contributed by atoms with van der Waals surface area (Å²) in [6, 6.07) is 4.56. The Bertz CT molecular complexity index is 458. The fourth-order valence-electron chi connectivity index (χ4n) is 1.91. The Morgan fingerprint density at radius 1 is 1.53 bits per heavy atom. The first-order chi connectivity index (χ1) is 9.10. The molecule has 104 valence electrons. The molecular weight excluding hydrogens is 249 g/mol. The van der Waals surface area contributed by atoms with Crippen LogP contribution in [0.2, 0.25) is 0 Å². The van der Waals surface area contributed by atoms with Gasteiger partial charge in [-0.25, -0.2) is 4.39 Å². The predicted octanol–water partition coefficient (Wildman–Crippen LogP) is 1.36. The number of halogens is 1. The molecule has 2 rings (SSSR count). The van der Waals surface area contributed by atoms with Crippen LogP contribution in [0.25, 0.3) is 0 Å². The number of hydrogen-bond donors (Lipinski definition) is 1. The van der Waals surface area contributed by atoms with Crippen LogP contribution < -0.4 is 4.74 Å². The normalized spacial score (nSPS) is 15.2. The lowest BCUT2D eigenvalue weighted by molar-refractivity contribution is -0.140. The summed E-state index contributed by atoms with van der Waals surface area (Å²) in [5.74, 6) is -0.107. The van der Waals surface area contributed by atoms with Crippen LogP contribution in [0.4, 0.5) is 4.39 Å². The number of rotatable bonds is 5. The molecule has 0 radical (unpaired) electrons. The molecule has 1 aromatic rings. The van der Waals surface area contributed by atoms with Crippen molar-refractivity contribution >= 4 is 5.91 Å². The van der Waals surface area contributed by atoms with E-state index < -0.39 is 11.9 Å². The molecule has 1 aliphatic heterocycles. The monoisotopic (exact) mass is 267 g/mol. The summed E-state index contributed by atoms with van der Waals surface area (Å²) in [6.45, 7) is 3.21. The summed E-state index contributed by atoms with van der Waals surface area (Å²) in [5, 5.41) is 9.12. The molecule has 1 amide bonds. The average Bonchev–Trinajstić information content (AvgIpc) is 2.35. The van der Waals surface area contributed by atoms with E-state index in [2.05, 4.69) is 0 Å². The van der Waals surface area contributed by atoms with Crippen LogP contribution in [0, 0.1) is 5.82 Å². The number of hydrogen-bond acceptors (Lipinski definition) is 3. The molecule has 5 heteroatoms. The van der Waals surface area contributed by atoms with E-state index in [9.17, 15) is 9.18 Å². The zero-order valence-electron chi connectivity index (χ0n) is 10.9. The Kier molecular flexibility index (Phi) is 4.37. The first-order valence-corrected chi connectivity index (χ1v) is 6.47. The highest BCUT2D eigenvalue weighted by Gasteiger charge is 2.28. The molecule has 19 heavy (non-hydrogen) atoms. The van der Waals surface area contributed by atoms with E-state index in [0.29, 0.717) is 31.0 Å². The Labute approximate surface area is 111 Å². The van der Waals surface area contributed by atoms with Crippen molar-refractivity contribution in [3.05, 3.63) is 29.6 Å². The molecular formula is C14H18FNO3. The molecule has 0 bridgehead atoms. The van der Waals surface area contributed by atoms with E-state index in [4.69, 9.17) is 9.84 Å². The fraction of sp³-hybridized carbons (Fsp3) is 0.500. The van der Waals surface area contributed by atoms with Crippen LogP contribution in [-0.2, 0) is 11.2 Å². The average molecular weight is 267 g/mol. The second-order valence-corrected chi connectivity index (χ2v) is 4.73. The minimum Gasteiger partial charge on any atom is -0.494 e. The zero-order valence-corrected chi connectivity index (χ0v) is 10.9. The Hall–Kier alpha value is -1.62. The topological polar surface area (TPSA) is 49.8 Å². The van der Waals surface area contributed by atoms with Gasteiger partial charge in [0.05, 0.1) is 19.1 Å². The maximum atomic E-state index is 13.8. The number of β-amino-alcohol motifs (C(OH)–C–C–N with tert-alkyl or cyclic N) is 1. The van der Waals surface area contributed by atoms with Crippen molar-refractivity contribution in [2.24, 2.45) is 0 Å². The number of benzene rings is 1. The maximum Gasteiger partial charge on any atom is 0.227 e. The van der Waals surface area contributed by atoms with Gasteiger partial charge in [-0.3, -0.25) is 4.79 Å². The number of nitrogens with zero attached hydrogens (tertiary/aromatic N) is 1. The number of ether oxygens (including phenoxy) is 1. The molecule has 1 saturated heterocycles. The van der Waals surface area contributed by atoms with E-state index in [-0.39, 0.29) is 12.3 Å². The lowest BCUT2D eigenvalue weighted by Gasteiger charge is -2.35. The number of aliphatic hydroxyl groups excluding tert-OH is 1. The molecule has 1 heterocycles. The van der Waals surface area contributed by atoms with Crippen molar-refractivity contribution in [3.63, 3.8) is 0 Å². The van der Waals surface area contributed by atoms with Gasteiger partial charge in [0.1, 0.15) is 11.6 Å². The molecule has 1 aromatic carbocycles. The molecule has 0 atom stereocenters. The lowest BCUT2D eigenvalue weighted by Crippen LogP contribution is -2.54. The number of carbonyl (C=O) groups excluding carboxylic acids is 1. The third-order valence-corrected chi connectivity index (χ3v) is 3.05. The van der Waals surface area contributed by atoms with Crippen molar-refractivity contribution in [1.82, 2.24) is 4.90 Å². The van der Waals surface area contributed by atoms with Crippen LogP contribution in [0.3, 0.4) is 0 Å². The predicted molar refractivity (Wildman–Crippen MR) is 68.5 cm³/mol. The van der Waals surface area contributed by atoms with E-state index in [0.717, 1.165) is 6.42 Å². The van der Waals surface area contributed by atoms with E-state index >= 15 is 0 Å². The summed E-state index contributed by atoms with van der Waals surface area (Å²) < 4.78 is 19.1. The molecule has 4 nitrogen and oxygen atoms in total. The highest BCUT2D eigenvalue weighted by molar-refractivity contribution is 5.79. The van der Waals surface area contributed by atoms with Gasteiger partial charge in [-0.05, 0) is 18.1 Å². The highest BCUT2D eigenvalue weighted by atomic mass is 19.1. The van der Waals surface area contributed by atoms with Gasteiger partial charge in [0.15, 0.2) is 0 Å². The SMILES string of the molecule is CCCOc1ccc(CC(=O)N2CC(O)C2)c(F)c1. The Balaban J connectivity index is 1.95. The lowest BCUT2D eigenvalue weighted by atomic mass is 10.1. The van der Waals surface area contributed by atoms with Crippen molar-refractivity contribution in [2.75, 3.05) is 19.7 Å². The standard InChI is InChI=1S/C14H18FNO3/c1-2-5-19-12-4-3-10(13(15)7-12)6-14(18)16-8-11(17)9-16/h3-4,7,11,17H,2,5-6,8-9H2,1H3. The van der Waals surface area contributed by atoms with E-state index in [1.807, 2.05) is 6.92 Å². The summed E-state index contributed by atoms with van der Waals surface area (Å²) in [7, 11) is 0. The molecule has 0 aromatic heterocycles. The van der Waals surface area contributed by atoms with Crippen LogP contribution in [0.1, 0.15) is 18.9 Å². The quantitative estimate of drug-likeness (QED) is 0.876. The summed E-state index contributed by atoms with van der Waals surface area (Å²) >= 11 is 0. The second kappa shape index (κ2) is 6.02. The van der Waals surface area contributed by atoms with Crippen LogP contribution in [0.5, 0.6) is 5.75 Å². The second-order valence-electron chi connectivity index (χ2n) is 4.73. The van der Waals surface area contributed by atoms with Crippen molar-refractivity contribution in [3.8, 4) is 5.75 Å². The Morgan fingerprint density at radius 3 is 2.84 bits per heavy atom. The van der Waals surface area contributed by atoms with Gasteiger partial charge in [-0.1, -0.05) is 13.0 Å². The van der Waals surface area contributed by atoms with Gasteiger partial charge in [0.2, 0.25) is 5.91 Å². The fourth-order valence-corrected chi connectivity index (χ4v) is 1.91. The molecule has 0 spiro atoms. The first-order valence-electron chi connectivity index (χ1n) is 6.47. The van der Waals surface area contributed by atoms with Gasteiger partial charge in [-0.15, -0.1) is 0 Å². The summed E-state index contributed by atoms with van der Waals surface area (Å²) in [6.07, 6.45) is 0.449. The van der Waals surface area contributed by atoms with Crippen LogP contribution in [-0.4, -0.2) is 41.7 Å². The van der Waals surface area contributed by atoms with E-state index in [1.165, 1.54) is 11.0 Å². The smallest absolute Gasteiger partial charge is 0.227 e. The number of aliphatic hydroxyl groups is 1. The number of carbonyl (C=O) groups is 1. The largest absolute Gasteiger partial charge is 0.494 e. The van der Waals surface area contributed by atoms with E-state index in [1.54, 1.807) is 12.1 Å². The van der Waals surface area contributed by atoms with Gasteiger partial charge in [-0.2, -0.15) is 0 Å². The Morgan fingerprint density at radius 2 is 2.26 bits per heavy atom. The third kappa shape index (κ3) is 3.44.